The summed E-state index contributed by atoms with van der Waals surface area (Å²) >= 11 is 0. The monoisotopic (exact) mass is 491 g/mol. The number of hydrogen-bond donors (Lipinski definition) is 3. The van der Waals surface area contributed by atoms with Crippen LogP contribution in [0.4, 0.5) is 26.2 Å². The fourth-order valence-electron chi connectivity index (χ4n) is 3.96. The maximum atomic E-state index is 15.0. The molecule has 1 saturated carbocycles. The highest BCUT2D eigenvalue weighted by molar-refractivity contribution is 5.72. The highest BCUT2D eigenvalue weighted by atomic mass is 19.1. The predicted octanol–water partition coefficient (Wildman–Crippen LogP) is 5.13. The molecule has 2 aromatic carbocycles. The molecule has 1 aromatic heterocycles. The normalized spacial score (nSPS) is 14.9. The zero-order chi connectivity index (χ0) is 25.9. The summed E-state index contributed by atoms with van der Waals surface area (Å²) < 4.78 is 20.4. The van der Waals surface area contributed by atoms with Crippen molar-refractivity contribution in [3.05, 3.63) is 60.2 Å². The summed E-state index contributed by atoms with van der Waals surface area (Å²) in [5.74, 6) is -0.249. The summed E-state index contributed by atoms with van der Waals surface area (Å²) in [6.07, 6.45) is 4.61. The molecule has 0 saturated heterocycles. The lowest BCUT2D eigenvalue weighted by Gasteiger charge is -2.29. The van der Waals surface area contributed by atoms with E-state index in [0.29, 0.717) is 17.3 Å². The SMILES string of the molecule is C[C@H](NC(=O)OC(C)(C)C)[C@H](Nc1cc(Nc2cccc(-n3nccn3)c2)c(C#N)cc1F)C1CC1. The van der Waals surface area contributed by atoms with Crippen LogP contribution in [0.25, 0.3) is 5.69 Å². The second kappa shape index (κ2) is 10.2. The third kappa shape index (κ3) is 6.30. The Morgan fingerprint density at radius 2 is 1.92 bits per heavy atom. The van der Waals surface area contributed by atoms with Crippen LogP contribution < -0.4 is 16.0 Å². The van der Waals surface area contributed by atoms with Crippen LogP contribution >= 0.6 is 0 Å². The molecular formula is C26H30FN7O2. The van der Waals surface area contributed by atoms with Gasteiger partial charge in [0.2, 0.25) is 0 Å². The van der Waals surface area contributed by atoms with Crippen molar-refractivity contribution in [1.29, 1.82) is 5.26 Å². The number of halogens is 1. The van der Waals surface area contributed by atoms with Crippen LogP contribution in [0.3, 0.4) is 0 Å². The predicted molar refractivity (Wildman–Crippen MR) is 135 cm³/mol. The van der Waals surface area contributed by atoms with E-state index in [1.54, 1.807) is 39.2 Å². The van der Waals surface area contributed by atoms with E-state index in [1.807, 2.05) is 31.2 Å². The Morgan fingerprint density at radius 1 is 1.19 bits per heavy atom. The quantitative estimate of drug-likeness (QED) is 0.400. The number of benzene rings is 2. The van der Waals surface area contributed by atoms with Gasteiger partial charge in [0.15, 0.2) is 0 Å². The highest BCUT2D eigenvalue weighted by Crippen LogP contribution is 2.37. The lowest BCUT2D eigenvalue weighted by atomic mass is 10.0. The first-order valence-corrected chi connectivity index (χ1v) is 11.9. The van der Waals surface area contributed by atoms with Gasteiger partial charge in [-0.1, -0.05) is 6.07 Å². The number of rotatable bonds is 8. The number of carbonyl (C=O) groups excluding carboxylic acids is 1. The van der Waals surface area contributed by atoms with E-state index in [2.05, 4.69) is 32.2 Å². The van der Waals surface area contributed by atoms with Crippen LogP contribution in [0.1, 0.15) is 46.1 Å². The van der Waals surface area contributed by atoms with Gasteiger partial charge in [-0.15, -0.1) is 0 Å². The summed E-state index contributed by atoms with van der Waals surface area (Å²) in [4.78, 5) is 13.8. The van der Waals surface area contributed by atoms with Gasteiger partial charge in [0.25, 0.3) is 0 Å². The summed E-state index contributed by atoms with van der Waals surface area (Å²) in [5, 5.41) is 27.2. The first kappa shape index (κ1) is 25.0. The van der Waals surface area contributed by atoms with Crippen molar-refractivity contribution < 1.29 is 13.9 Å². The van der Waals surface area contributed by atoms with Gasteiger partial charge >= 0.3 is 6.09 Å². The van der Waals surface area contributed by atoms with Crippen LogP contribution in [0.15, 0.2) is 48.8 Å². The largest absolute Gasteiger partial charge is 0.444 e. The zero-order valence-corrected chi connectivity index (χ0v) is 20.7. The number of nitriles is 1. The van der Waals surface area contributed by atoms with Crippen LogP contribution in [0.2, 0.25) is 0 Å². The molecule has 2 atom stereocenters. The summed E-state index contributed by atoms with van der Waals surface area (Å²) in [5.41, 5.74) is 1.68. The van der Waals surface area contributed by atoms with Gasteiger partial charge in [0.05, 0.1) is 35.0 Å². The van der Waals surface area contributed by atoms with Crippen molar-refractivity contribution >= 4 is 23.2 Å². The van der Waals surface area contributed by atoms with E-state index < -0.39 is 17.5 Å². The molecule has 4 rings (SSSR count). The molecule has 1 aliphatic carbocycles. The smallest absolute Gasteiger partial charge is 0.407 e. The second-order valence-electron chi connectivity index (χ2n) is 9.93. The van der Waals surface area contributed by atoms with Crippen LogP contribution in [-0.2, 0) is 4.74 Å². The molecule has 9 nitrogen and oxygen atoms in total. The van der Waals surface area contributed by atoms with Crippen LogP contribution in [-0.4, -0.2) is 38.8 Å². The summed E-state index contributed by atoms with van der Waals surface area (Å²) in [6.45, 7) is 7.27. The Balaban J connectivity index is 1.55. The number of nitrogens with one attached hydrogen (secondary N) is 3. The Labute approximate surface area is 209 Å². The number of aromatic nitrogens is 3. The number of amides is 1. The van der Waals surface area contributed by atoms with Crippen molar-refractivity contribution in [3.8, 4) is 11.8 Å². The molecular weight excluding hydrogens is 461 g/mol. The average Bonchev–Trinajstić information content (AvgIpc) is 3.49. The Morgan fingerprint density at radius 3 is 2.56 bits per heavy atom. The molecule has 0 unspecified atom stereocenters. The van der Waals surface area contributed by atoms with Gasteiger partial charge in [-0.2, -0.15) is 20.3 Å². The molecule has 10 heteroatoms. The molecule has 36 heavy (non-hydrogen) atoms. The third-order valence-corrected chi connectivity index (χ3v) is 5.74. The minimum absolute atomic E-state index is 0.170. The van der Waals surface area contributed by atoms with E-state index >= 15 is 4.39 Å². The third-order valence-electron chi connectivity index (χ3n) is 5.74. The molecule has 0 bridgehead atoms. The molecule has 3 N–H and O–H groups in total. The molecule has 1 fully saturated rings. The topological polar surface area (TPSA) is 117 Å². The van der Waals surface area contributed by atoms with Gasteiger partial charge in [-0.3, -0.25) is 0 Å². The number of carbonyl (C=O) groups is 1. The van der Waals surface area contributed by atoms with Crippen LogP contribution in [0, 0.1) is 23.1 Å². The Hall–Kier alpha value is -4.13. The standard InChI is InChI=1S/C26H30FN7O2/c1-16(31-25(35)36-26(2,3)4)24(17-8-9-17)33-23-14-22(18(15-28)12-21(23)27)32-19-6-5-7-20(13-19)34-29-10-11-30-34/h5-7,10-14,16-17,24,32-33H,8-9H2,1-4H3,(H,31,35)/t16-,24-/m0/s1. The van der Waals surface area contributed by atoms with E-state index in [1.165, 1.54) is 10.9 Å². The number of alkyl carbamates (subject to hydrolysis) is 1. The molecule has 0 aliphatic heterocycles. The van der Waals surface area contributed by atoms with Gasteiger partial charge in [-0.05, 0) is 76.8 Å². The maximum absolute atomic E-state index is 15.0. The summed E-state index contributed by atoms with van der Waals surface area (Å²) in [6, 6.07) is 11.7. The zero-order valence-electron chi connectivity index (χ0n) is 20.7. The number of anilines is 3. The van der Waals surface area contributed by atoms with Gasteiger partial charge < -0.3 is 20.7 Å². The van der Waals surface area contributed by atoms with Crippen molar-refractivity contribution in [2.24, 2.45) is 5.92 Å². The Bertz CT molecular complexity index is 1260. The minimum atomic E-state index is -0.614. The molecule has 3 aromatic rings. The van der Waals surface area contributed by atoms with E-state index in [0.717, 1.165) is 18.5 Å². The van der Waals surface area contributed by atoms with Crippen molar-refractivity contribution in [2.45, 2.75) is 58.2 Å². The minimum Gasteiger partial charge on any atom is -0.444 e. The van der Waals surface area contributed by atoms with Gasteiger partial charge in [-0.25, -0.2) is 9.18 Å². The fourth-order valence-corrected chi connectivity index (χ4v) is 3.96. The Kier molecular flexibility index (Phi) is 7.10. The molecule has 0 spiro atoms. The maximum Gasteiger partial charge on any atom is 0.407 e. The number of nitrogens with zero attached hydrogens (tertiary/aromatic N) is 4. The molecule has 188 valence electrons. The van der Waals surface area contributed by atoms with Crippen molar-refractivity contribution in [1.82, 2.24) is 20.3 Å². The molecule has 1 heterocycles. The van der Waals surface area contributed by atoms with E-state index in [4.69, 9.17) is 4.74 Å². The second-order valence-corrected chi connectivity index (χ2v) is 9.93. The average molecular weight is 492 g/mol. The first-order valence-electron chi connectivity index (χ1n) is 11.9. The van der Waals surface area contributed by atoms with Crippen LogP contribution in [0.5, 0.6) is 0 Å². The van der Waals surface area contributed by atoms with E-state index in [-0.39, 0.29) is 23.3 Å². The lowest BCUT2D eigenvalue weighted by Crippen LogP contribution is -2.47. The highest BCUT2D eigenvalue weighted by Gasteiger charge is 2.36. The lowest BCUT2D eigenvalue weighted by molar-refractivity contribution is 0.0502. The number of hydrogen-bond acceptors (Lipinski definition) is 7. The molecule has 1 amide bonds. The number of ether oxygens (including phenoxy) is 1. The first-order chi connectivity index (χ1) is 17.1. The molecule has 0 radical (unpaired) electrons. The molecule has 1 aliphatic rings. The van der Waals surface area contributed by atoms with Crippen molar-refractivity contribution in [2.75, 3.05) is 10.6 Å². The van der Waals surface area contributed by atoms with Gasteiger partial charge in [0, 0.05) is 17.8 Å². The van der Waals surface area contributed by atoms with Crippen molar-refractivity contribution in [3.63, 3.8) is 0 Å². The van der Waals surface area contributed by atoms with E-state index in [9.17, 15) is 10.1 Å². The summed E-state index contributed by atoms with van der Waals surface area (Å²) in [7, 11) is 0. The van der Waals surface area contributed by atoms with Gasteiger partial charge in [0.1, 0.15) is 17.5 Å². The fraction of sp³-hybridized carbons (Fsp3) is 0.385.